The van der Waals surface area contributed by atoms with E-state index in [4.69, 9.17) is 9.84 Å². The second-order valence-corrected chi connectivity index (χ2v) is 5.91. The fraction of sp³-hybridized carbons (Fsp3) is 0.231. The van der Waals surface area contributed by atoms with Gasteiger partial charge >= 0.3 is 0 Å². The van der Waals surface area contributed by atoms with Crippen LogP contribution in [0.1, 0.15) is 11.1 Å². The molecular formula is C13H15N3O4S. The highest BCUT2D eigenvalue weighted by molar-refractivity contribution is 7.89. The van der Waals surface area contributed by atoms with E-state index >= 15 is 0 Å². The Morgan fingerprint density at radius 3 is 2.38 bits per heavy atom. The Balaban J connectivity index is 2.05. The van der Waals surface area contributed by atoms with Crippen LogP contribution in [0.15, 0.2) is 41.7 Å². The Hall–Kier alpha value is -2.03. The van der Waals surface area contributed by atoms with Gasteiger partial charge in [-0.25, -0.2) is 23.1 Å². The summed E-state index contributed by atoms with van der Waals surface area (Å²) >= 11 is 0. The summed E-state index contributed by atoms with van der Waals surface area (Å²) in [5.74, 6) is 0.461. The molecule has 8 heteroatoms. The van der Waals surface area contributed by atoms with Crippen molar-refractivity contribution < 1.29 is 18.3 Å². The normalized spacial score (nSPS) is 11.3. The Morgan fingerprint density at radius 1 is 1.14 bits per heavy atom. The summed E-state index contributed by atoms with van der Waals surface area (Å²) in [7, 11) is -2.19. The van der Waals surface area contributed by atoms with Gasteiger partial charge in [-0.05, 0) is 17.2 Å². The van der Waals surface area contributed by atoms with E-state index in [0.29, 0.717) is 17.0 Å². The van der Waals surface area contributed by atoms with Crippen LogP contribution >= 0.6 is 0 Å². The third kappa shape index (κ3) is 3.97. The van der Waals surface area contributed by atoms with Gasteiger partial charge in [-0.1, -0.05) is 12.1 Å². The van der Waals surface area contributed by atoms with Crippen molar-refractivity contribution in [1.29, 1.82) is 0 Å². The standard InChI is InChI=1S/C13H15N3O4S/c1-20-12-4-2-10(6-14-12)8-16-21(18,19)13-5-3-11(9-17)7-15-13/h2-7,16-17H,8-9H2,1H3. The first kappa shape index (κ1) is 15.4. The van der Waals surface area contributed by atoms with E-state index in [9.17, 15) is 8.42 Å². The summed E-state index contributed by atoms with van der Waals surface area (Å²) in [5, 5.41) is 8.81. The van der Waals surface area contributed by atoms with Gasteiger partial charge in [0.1, 0.15) is 0 Å². The van der Waals surface area contributed by atoms with E-state index in [1.807, 2.05) is 0 Å². The molecule has 112 valence electrons. The van der Waals surface area contributed by atoms with E-state index in [0.717, 1.165) is 0 Å². The molecule has 0 bridgehead atoms. The molecule has 0 unspecified atom stereocenters. The maximum absolute atomic E-state index is 12.0. The third-order valence-electron chi connectivity index (χ3n) is 2.73. The van der Waals surface area contributed by atoms with Crippen LogP contribution in [0.3, 0.4) is 0 Å². The van der Waals surface area contributed by atoms with Crippen LogP contribution in [0.5, 0.6) is 5.88 Å². The first-order chi connectivity index (χ1) is 10.0. The van der Waals surface area contributed by atoms with Crippen molar-refractivity contribution in [2.75, 3.05) is 7.11 Å². The largest absolute Gasteiger partial charge is 0.481 e. The van der Waals surface area contributed by atoms with Gasteiger partial charge in [-0.15, -0.1) is 0 Å². The molecular weight excluding hydrogens is 294 g/mol. The van der Waals surface area contributed by atoms with Crippen molar-refractivity contribution in [3.8, 4) is 5.88 Å². The van der Waals surface area contributed by atoms with Crippen molar-refractivity contribution in [3.05, 3.63) is 47.8 Å². The molecule has 2 aromatic rings. The maximum Gasteiger partial charge on any atom is 0.258 e. The molecule has 0 atom stereocenters. The SMILES string of the molecule is COc1ccc(CNS(=O)(=O)c2ccc(CO)cn2)cn1. The first-order valence-electron chi connectivity index (χ1n) is 6.09. The molecule has 0 aliphatic heterocycles. The second kappa shape index (κ2) is 6.61. The van der Waals surface area contributed by atoms with Gasteiger partial charge in [-0.3, -0.25) is 0 Å². The topological polar surface area (TPSA) is 101 Å². The van der Waals surface area contributed by atoms with Crippen molar-refractivity contribution >= 4 is 10.0 Å². The quantitative estimate of drug-likeness (QED) is 0.803. The lowest BCUT2D eigenvalue weighted by Gasteiger charge is -2.07. The Morgan fingerprint density at radius 2 is 1.86 bits per heavy atom. The van der Waals surface area contributed by atoms with Crippen LogP contribution in [0.2, 0.25) is 0 Å². The van der Waals surface area contributed by atoms with Gasteiger partial charge in [0.15, 0.2) is 5.03 Å². The molecule has 0 saturated carbocycles. The van der Waals surface area contributed by atoms with Gasteiger partial charge in [-0.2, -0.15) is 0 Å². The fourth-order valence-corrected chi connectivity index (χ4v) is 2.50. The zero-order valence-electron chi connectivity index (χ0n) is 11.4. The van der Waals surface area contributed by atoms with Gasteiger partial charge in [0.25, 0.3) is 10.0 Å². The lowest BCUT2D eigenvalue weighted by molar-refractivity contribution is 0.281. The molecule has 0 fully saturated rings. The van der Waals surface area contributed by atoms with Crippen molar-refractivity contribution in [2.24, 2.45) is 0 Å². The van der Waals surface area contributed by atoms with Crippen LogP contribution in [0, 0.1) is 0 Å². The van der Waals surface area contributed by atoms with Crippen molar-refractivity contribution in [2.45, 2.75) is 18.2 Å². The number of ether oxygens (including phenoxy) is 1. The molecule has 2 N–H and O–H groups in total. The minimum Gasteiger partial charge on any atom is -0.481 e. The summed E-state index contributed by atoms with van der Waals surface area (Å²) in [5.41, 5.74) is 1.25. The zero-order valence-corrected chi connectivity index (χ0v) is 12.2. The number of nitrogens with zero attached hydrogens (tertiary/aromatic N) is 2. The summed E-state index contributed by atoms with van der Waals surface area (Å²) in [6, 6.07) is 6.23. The molecule has 2 aromatic heterocycles. The van der Waals surface area contributed by atoms with Crippen LogP contribution in [-0.2, 0) is 23.2 Å². The van der Waals surface area contributed by atoms with Gasteiger partial charge < -0.3 is 9.84 Å². The summed E-state index contributed by atoms with van der Waals surface area (Å²) < 4.78 is 31.5. The smallest absolute Gasteiger partial charge is 0.258 e. The number of sulfonamides is 1. The molecule has 0 amide bonds. The van der Waals surface area contributed by atoms with Crippen LogP contribution < -0.4 is 9.46 Å². The Kier molecular flexibility index (Phi) is 4.84. The zero-order chi connectivity index (χ0) is 15.3. The predicted molar refractivity (Wildman–Crippen MR) is 75.0 cm³/mol. The van der Waals surface area contributed by atoms with Crippen LogP contribution in [0.25, 0.3) is 0 Å². The Labute approximate surface area is 122 Å². The van der Waals surface area contributed by atoms with Gasteiger partial charge in [0, 0.05) is 25.0 Å². The molecule has 7 nitrogen and oxygen atoms in total. The molecule has 0 radical (unpaired) electrons. The molecule has 0 aromatic carbocycles. The lowest BCUT2D eigenvalue weighted by atomic mass is 10.3. The van der Waals surface area contributed by atoms with Crippen molar-refractivity contribution in [1.82, 2.24) is 14.7 Å². The molecule has 0 saturated heterocycles. The second-order valence-electron chi connectivity index (χ2n) is 4.20. The van der Waals surface area contributed by atoms with E-state index in [2.05, 4.69) is 14.7 Å². The van der Waals surface area contributed by atoms with E-state index in [-0.39, 0.29) is 18.2 Å². The fourth-order valence-electron chi connectivity index (χ4n) is 1.55. The average Bonchev–Trinajstić information content (AvgIpc) is 2.53. The highest BCUT2D eigenvalue weighted by atomic mass is 32.2. The highest BCUT2D eigenvalue weighted by Gasteiger charge is 2.15. The molecule has 0 spiro atoms. The van der Waals surface area contributed by atoms with E-state index < -0.39 is 10.0 Å². The lowest BCUT2D eigenvalue weighted by Crippen LogP contribution is -2.24. The number of rotatable bonds is 6. The third-order valence-corrected chi connectivity index (χ3v) is 4.05. The summed E-state index contributed by atoms with van der Waals surface area (Å²) in [6.45, 7) is -0.0823. The van der Waals surface area contributed by atoms with Crippen LogP contribution in [0.4, 0.5) is 0 Å². The molecule has 21 heavy (non-hydrogen) atoms. The Bertz CT molecular complexity index is 684. The van der Waals surface area contributed by atoms with Crippen LogP contribution in [-0.4, -0.2) is 30.6 Å². The number of pyridine rings is 2. The number of methoxy groups -OCH3 is 1. The summed E-state index contributed by atoms with van der Waals surface area (Å²) in [6.07, 6.45) is 2.85. The average molecular weight is 309 g/mol. The minimum absolute atomic E-state index is 0.0961. The predicted octanol–water partition coefficient (Wildman–Crippen LogP) is 0.456. The summed E-state index contributed by atoms with van der Waals surface area (Å²) in [4.78, 5) is 7.81. The van der Waals surface area contributed by atoms with Gasteiger partial charge in [0.05, 0.1) is 13.7 Å². The minimum atomic E-state index is -3.70. The number of nitrogens with one attached hydrogen (secondary N) is 1. The number of aromatic nitrogens is 2. The molecule has 2 heterocycles. The number of hydrogen-bond donors (Lipinski definition) is 2. The molecule has 2 rings (SSSR count). The highest BCUT2D eigenvalue weighted by Crippen LogP contribution is 2.09. The number of aliphatic hydroxyl groups is 1. The van der Waals surface area contributed by atoms with E-state index in [1.54, 1.807) is 12.1 Å². The number of hydrogen-bond acceptors (Lipinski definition) is 6. The first-order valence-corrected chi connectivity index (χ1v) is 7.58. The molecule has 0 aliphatic carbocycles. The van der Waals surface area contributed by atoms with E-state index in [1.165, 1.54) is 31.6 Å². The monoisotopic (exact) mass is 309 g/mol. The molecule has 0 aliphatic rings. The van der Waals surface area contributed by atoms with Gasteiger partial charge in [0.2, 0.25) is 5.88 Å². The van der Waals surface area contributed by atoms with Crippen molar-refractivity contribution in [3.63, 3.8) is 0 Å². The maximum atomic E-state index is 12.0. The number of aliphatic hydroxyl groups excluding tert-OH is 1.